The number of allylic oxidation sites excluding steroid dienone is 1. The second-order valence-corrected chi connectivity index (χ2v) is 9.99. The molecule has 0 aromatic heterocycles. The third kappa shape index (κ3) is 3.11. The Morgan fingerprint density at radius 2 is 1.29 bits per heavy atom. The van der Waals surface area contributed by atoms with Crippen LogP contribution in [-0.4, -0.2) is 0 Å². The van der Waals surface area contributed by atoms with E-state index < -0.39 is 0 Å². The zero-order valence-electron chi connectivity index (χ0n) is 19.4. The van der Waals surface area contributed by atoms with E-state index in [0.29, 0.717) is 17.8 Å². The summed E-state index contributed by atoms with van der Waals surface area (Å²) < 4.78 is 0. The molecule has 2 aliphatic rings. The van der Waals surface area contributed by atoms with E-state index in [2.05, 4.69) is 107 Å². The molecule has 0 fully saturated rings. The van der Waals surface area contributed by atoms with E-state index in [4.69, 9.17) is 0 Å². The molecule has 3 aromatic carbocycles. The van der Waals surface area contributed by atoms with Gasteiger partial charge in [-0.3, -0.25) is 0 Å². The fourth-order valence-electron chi connectivity index (χ4n) is 6.52. The van der Waals surface area contributed by atoms with Crippen LogP contribution < -0.4 is 0 Å². The van der Waals surface area contributed by atoms with Gasteiger partial charge in [0.25, 0.3) is 0 Å². The van der Waals surface area contributed by atoms with Crippen molar-refractivity contribution in [3.8, 4) is 11.1 Å². The summed E-state index contributed by atoms with van der Waals surface area (Å²) in [6, 6.07) is 27.3. The first kappa shape index (κ1) is 20.3. The first-order valence-corrected chi connectivity index (χ1v) is 12.1. The molecule has 0 radical (unpaired) electrons. The van der Waals surface area contributed by atoms with E-state index in [1.165, 1.54) is 47.1 Å². The minimum absolute atomic E-state index is 0.0353. The van der Waals surface area contributed by atoms with Gasteiger partial charge >= 0.3 is 0 Å². The third-order valence-corrected chi connectivity index (χ3v) is 7.93. The normalized spacial score (nSPS) is 18.3. The molecular formula is C31H34. The van der Waals surface area contributed by atoms with Gasteiger partial charge in [0.1, 0.15) is 0 Å². The van der Waals surface area contributed by atoms with Crippen LogP contribution in [0.25, 0.3) is 17.2 Å². The van der Waals surface area contributed by atoms with Gasteiger partial charge in [0, 0.05) is 11.8 Å². The smallest absolute Gasteiger partial charge is 0.0190 e. The standard InChI is InChI=1S/C31H34/c1-5-13-21(6-2)29-23-15-8-7-14-22(23)20-28(29)31(3,4)30-26-18-11-9-16-24(26)25-17-10-12-19-27(25)30/h7-12,14-21,29-30H,5-6,13H2,1-4H3. The lowest BCUT2D eigenvalue weighted by atomic mass is 9.63. The Balaban J connectivity index is 1.67. The Bertz CT molecular complexity index is 1080. The summed E-state index contributed by atoms with van der Waals surface area (Å²) >= 11 is 0. The molecule has 2 unspecified atom stereocenters. The second-order valence-electron chi connectivity index (χ2n) is 9.99. The van der Waals surface area contributed by atoms with Crippen LogP contribution in [0, 0.1) is 11.3 Å². The molecule has 0 saturated carbocycles. The lowest BCUT2D eigenvalue weighted by Gasteiger charge is -2.40. The summed E-state index contributed by atoms with van der Waals surface area (Å²) in [7, 11) is 0. The summed E-state index contributed by atoms with van der Waals surface area (Å²) in [4.78, 5) is 0. The molecule has 0 nitrogen and oxygen atoms in total. The Morgan fingerprint density at radius 1 is 0.742 bits per heavy atom. The SMILES string of the molecule is CCCC(CC)C1C(C(C)(C)C2c3ccccc3-c3ccccc32)=Cc2ccccc21. The molecule has 0 aliphatic heterocycles. The van der Waals surface area contributed by atoms with E-state index in [1.54, 1.807) is 11.1 Å². The number of hydrogen-bond donors (Lipinski definition) is 0. The van der Waals surface area contributed by atoms with Crippen molar-refractivity contribution >= 4 is 6.08 Å². The van der Waals surface area contributed by atoms with E-state index in [0.717, 1.165) is 0 Å². The van der Waals surface area contributed by atoms with Gasteiger partial charge in [0.2, 0.25) is 0 Å². The fourth-order valence-corrected chi connectivity index (χ4v) is 6.52. The summed E-state index contributed by atoms with van der Waals surface area (Å²) in [6.45, 7) is 9.72. The zero-order valence-corrected chi connectivity index (χ0v) is 19.4. The average molecular weight is 407 g/mol. The highest BCUT2D eigenvalue weighted by atomic mass is 14.5. The Kier molecular flexibility index (Phi) is 5.13. The summed E-state index contributed by atoms with van der Waals surface area (Å²) in [5, 5.41) is 0. The summed E-state index contributed by atoms with van der Waals surface area (Å²) in [6.07, 6.45) is 6.32. The van der Waals surface area contributed by atoms with E-state index >= 15 is 0 Å². The summed E-state index contributed by atoms with van der Waals surface area (Å²) in [5.41, 5.74) is 10.5. The highest BCUT2D eigenvalue weighted by Gasteiger charge is 2.46. The van der Waals surface area contributed by atoms with Gasteiger partial charge in [-0.05, 0) is 51.1 Å². The van der Waals surface area contributed by atoms with Crippen molar-refractivity contribution in [2.45, 2.75) is 58.8 Å². The van der Waals surface area contributed by atoms with Gasteiger partial charge < -0.3 is 0 Å². The maximum Gasteiger partial charge on any atom is 0.0190 e. The van der Waals surface area contributed by atoms with Crippen molar-refractivity contribution in [1.29, 1.82) is 0 Å². The number of benzene rings is 3. The lowest BCUT2D eigenvalue weighted by molar-refractivity contribution is 0.323. The molecule has 2 aliphatic carbocycles. The number of rotatable bonds is 6. The third-order valence-electron chi connectivity index (χ3n) is 7.93. The Labute approximate surface area is 188 Å². The predicted octanol–water partition coefficient (Wildman–Crippen LogP) is 8.83. The minimum Gasteiger partial charge on any atom is -0.0654 e. The molecule has 5 rings (SSSR count). The van der Waals surface area contributed by atoms with Crippen molar-refractivity contribution in [3.63, 3.8) is 0 Å². The van der Waals surface area contributed by atoms with Crippen LogP contribution in [0.15, 0.2) is 78.4 Å². The van der Waals surface area contributed by atoms with Crippen molar-refractivity contribution < 1.29 is 0 Å². The predicted molar refractivity (Wildman–Crippen MR) is 133 cm³/mol. The second kappa shape index (κ2) is 7.83. The van der Waals surface area contributed by atoms with Crippen molar-refractivity contribution in [1.82, 2.24) is 0 Å². The maximum absolute atomic E-state index is 2.54. The van der Waals surface area contributed by atoms with Crippen molar-refractivity contribution in [2.24, 2.45) is 11.3 Å². The fraction of sp³-hybridized carbons (Fsp3) is 0.355. The first-order valence-electron chi connectivity index (χ1n) is 12.1. The quantitative estimate of drug-likeness (QED) is 0.383. The molecule has 0 saturated heterocycles. The van der Waals surface area contributed by atoms with E-state index in [-0.39, 0.29) is 5.41 Å². The molecule has 0 N–H and O–H groups in total. The van der Waals surface area contributed by atoms with Crippen LogP contribution in [0.4, 0.5) is 0 Å². The molecule has 0 amide bonds. The Morgan fingerprint density at radius 3 is 1.87 bits per heavy atom. The van der Waals surface area contributed by atoms with Gasteiger partial charge in [-0.25, -0.2) is 0 Å². The molecule has 0 heteroatoms. The van der Waals surface area contributed by atoms with Crippen LogP contribution in [0.5, 0.6) is 0 Å². The van der Waals surface area contributed by atoms with Crippen molar-refractivity contribution in [3.05, 3.63) is 101 Å². The molecule has 0 heterocycles. The van der Waals surface area contributed by atoms with Gasteiger partial charge in [0.05, 0.1) is 0 Å². The highest BCUT2D eigenvalue weighted by molar-refractivity contribution is 5.80. The van der Waals surface area contributed by atoms with Gasteiger partial charge in [-0.2, -0.15) is 0 Å². The van der Waals surface area contributed by atoms with Crippen LogP contribution >= 0.6 is 0 Å². The molecule has 31 heavy (non-hydrogen) atoms. The Hall–Kier alpha value is -2.60. The van der Waals surface area contributed by atoms with Crippen LogP contribution in [0.2, 0.25) is 0 Å². The zero-order chi connectivity index (χ0) is 21.6. The number of fused-ring (bicyclic) bond motifs is 4. The molecule has 0 spiro atoms. The van der Waals surface area contributed by atoms with Gasteiger partial charge in [-0.15, -0.1) is 0 Å². The van der Waals surface area contributed by atoms with E-state index in [9.17, 15) is 0 Å². The summed E-state index contributed by atoms with van der Waals surface area (Å²) in [5.74, 6) is 1.62. The molecular weight excluding hydrogens is 372 g/mol. The maximum atomic E-state index is 2.54. The topological polar surface area (TPSA) is 0 Å². The number of hydrogen-bond acceptors (Lipinski definition) is 0. The molecule has 3 aromatic rings. The van der Waals surface area contributed by atoms with Crippen LogP contribution in [0.3, 0.4) is 0 Å². The average Bonchev–Trinajstić information content (AvgIpc) is 3.35. The molecule has 2 atom stereocenters. The van der Waals surface area contributed by atoms with Crippen LogP contribution in [0.1, 0.15) is 81.0 Å². The molecule has 158 valence electrons. The first-order chi connectivity index (χ1) is 15.1. The van der Waals surface area contributed by atoms with E-state index in [1.807, 2.05) is 0 Å². The lowest BCUT2D eigenvalue weighted by Crippen LogP contribution is -2.29. The minimum atomic E-state index is 0.0353. The van der Waals surface area contributed by atoms with Crippen LogP contribution in [-0.2, 0) is 0 Å². The largest absolute Gasteiger partial charge is 0.0654 e. The highest BCUT2D eigenvalue weighted by Crippen LogP contribution is 2.60. The van der Waals surface area contributed by atoms with Gasteiger partial charge in [0.15, 0.2) is 0 Å². The monoisotopic (exact) mass is 406 g/mol. The van der Waals surface area contributed by atoms with Crippen molar-refractivity contribution in [2.75, 3.05) is 0 Å². The molecule has 0 bridgehead atoms. The van der Waals surface area contributed by atoms with Gasteiger partial charge in [-0.1, -0.05) is 125 Å².